The Morgan fingerprint density at radius 1 is 1.10 bits per heavy atom. The van der Waals surface area contributed by atoms with Crippen LogP contribution in [0.4, 0.5) is 0 Å². The van der Waals surface area contributed by atoms with Crippen LogP contribution in [0.2, 0.25) is 0 Å². The van der Waals surface area contributed by atoms with Crippen LogP contribution in [0, 0.1) is 13.8 Å². The van der Waals surface area contributed by atoms with Gasteiger partial charge in [-0.05, 0) is 49.9 Å². The number of aliphatic hydroxyl groups is 1. The Morgan fingerprint density at radius 3 is 2.33 bits per heavy atom. The van der Waals surface area contributed by atoms with Crippen LogP contribution in [0.1, 0.15) is 36.8 Å². The SMILES string of the molecule is COc1cc(C)c(C)cc1S(=O)(=O)NCCCCCCO. The van der Waals surface area contributed by atoms with Crippen molar-refractivity contribution in [3.05, 3.63) is 23.3 Å². The summed E-state index contributed by atoms with van der Waals surface area (Å²) in [5, 5.41) is 8.68. The van der Waals surface area contributed by atoms with Crippen LogP contribution in [0.15, 0.2) is 17.0 Å². The highest BCUT2D eigenvalue weighted by atomic mass is 32.2. The zero-order valence-corrected chi connectivity index (χ0v) is 13.8. The molecular formula is C15H25NO4S. The average molecular weight is 315 g/mol. The maximum Gasteiger partial charge on any atom is 0.244 e. The van der Waals surface area contributed by atoms with Gasteiger partial charge in [-0.15, -0.1) is 0 Å². The Morgan fingerprint density at radius 2 is 1.71 bits per heavy atom. The van der Waals surface area contributed by atoms with Crippen molar-refractivity contribution in [2.45, 2.75) is 44.4 Å². The molecule has 1 aromatic carbocycles. The standard InChI is InChI=1S/C15H25NO4S/c1-12-10-14(20-3)15(11-13(12)2)21(18,19)16-8-6-4-5-7-9-17/h10-11,16-17H,4-9H2,1-3H3. The van der Waals surface area contributed by atoms with Gasteiger partial charge in [0.25, 0.3) is 0 Å². The average Bonchev–Trinajstić information content (AvgIpc) is 2.45. The summed E-state index contributed by atoms with van der Waals surface area (Å²) in [6.45, 7) is 4.38. The number of benzene rings is 1. The van der Waals surface area contributed by atoms with E-state index in [-0.39, 0.29) is 11.5 Å². The fourth-order valence-electron chi connectivity index (χ4n) is 2.01. The van der Waals surface area contributed by atoms with E-state index in [9.17, 15) is 8.42 Å². The van der Waals surface area contributed by atoms with Gasteiger partial charge in [0.1, 0.15) is 10.6 Å². The van der Waals surface area contributed by atoms with Crippen molar-refractivity contribution in [2.24, 2.45) is 0 Å². The quantitative estimate of drug-likeness (QED) is 0.685. The van der Waals surface area contributed by atoms with Gasteiger partial charge in [-0.3, -0.25) is 0 Å². The lowest BCUT2D eigenvalue weighted by molar-refractivity contribution is 0.282. The Labute approximate surface area is 127 Å². The topological polar surface area (TPSA) is 75.6 Å². The van der Waals surface area contributed by atoms with E-state index in [4.69, 9.17) is 9.84 Å². The molecule has 0 unspecified atom stereocenters. The summed E-state index contributed by atoms with van der Waals surface area (Å²) in [4.78, 5) is 0.184. The van der Waals surface area contributed by atoms with Gasteiger partial charge in [0.15, 0.2) is 0 Å². The number of unbranched alkanes of at least 4 members (excludes halogenated alkanes) is 3. The van der Waals surface area contributed by atoms with Crippen LogP contribution in [-0.2, 0) is 10.0 Å². The highest BCUT2D eigenvalue weighted by Gasteiger charge is 2.19. The minimum atomic E-state index is -3.56. The third kappa shape index (κ3) is 5.30. The molecule has 0 spiro atoms. The van der Waals surface area contributed by atoms with Crippen LogP contribution in [0.25, 0.3) is 0 Å². The number of aryl methyl sites for hydroxylation is 2. The number of aliphatic hydroxyl groups excluding tert-OH is 1. The zero-order valence-electron chi connectivity index (χ0n) is 13.0. The zero-order chi connectivity index (χ0) is 15.9. The van der Waals surface area contributed by atoms with Gasteiger partial charge in [0, 0.05) is 13.2 Å². The lowest BCUT2D eigenvalue weighted by atomic mass is 10.1. The highest BCUT2D eigenvalue weighted by Crippen LogP contribution is 2.27. The van der Waals surface area contributed by atoms with Gasteiger partial charge in [-0.2, -0.15) is 0 Å². The Kier molecular flexibility index (Phi) is 7.14. The first-order chi connectivity index (χ1) is 9.92. The van der Waals surface area contributed by atoms with E-state index in [1.807, 2.05) is 13.8 Å². The summed E-state index contributed by atoms with van der Waals surface area (Å²) in [5.41, 5.74) is 1.91. The molecule has 0 aliphatic carbocycles. The van der Waals surface area contributed by atoms with Gasteiger partial charge in [-0.25, -0.2) is 13.1 Å². The van der Waals surface area contributed by atoms with Gasteiger partial charge < -0.3 is 9.84 Å². The number of sulfonamides is 1. The van der Waals surface area contributed by atoms with E-state index < -0.39 is 10.0 Å². The molecule has 0 saturated heterocycles. The predicted molar refractivity (Wildman–Crippen MR) is 83.2 cm³/mol. The normalized spacial score (nSPS) is 11.6. The van der Waals surface area contributed by atoms with E-state index in [1.54, 1.807) is 12.1 Å². The fourth-order valence-corrected chi connectivity index (χ4v) is 3.31. The molecule has 0 heterocycles. The molecule has 0 atom stereocenters. The third-order valence-electron chi connectivity index (χ3n) is 3.45. The van der Waals surface area contributed by atoms with Crippen molar-refractivity contribution in [1.29, 1.82) is 0 Å². The molecule has 21 heavy (non-hydrogen) atoms. The molecule has 0 aliphatic rings. The number of nitrogens with one attached hydrogen (secondary N) is 1. The maximum atomic E-state index is 12.3. The van der Waals surface area contributed by atoms with Crippen LogP contribution < -0.4 is 9.46 Å². The summed E-state index contributed by atoms with van der Waals surface area (Å²) >= 11 is 0. The number of hydrogen-bond acceptors (Lipinski definition) is 4. The molecule has 0 aliphatic heterocycles. The summed E-state index contributed by atoms with van der Waals surface area (Å²) in [6, 6.07) is 3.38. The lowest BCUT2D eigenvalue weighted by Gasteiger charge is -2.13. The van der Waals surface area contributed by atoms with Crippen LogP contribution in [0.5, 0.6) is 5.75 Å². The molecule has 5 nitrogen and oxygen atoms in total. The van der Waals surface area contributed by atoms with Crippen molar-refractivity contribution < 1.29 is 18.3 Å². The number of ether oxygens (including phenoxy) is 1. The smallest absolute Gasteiger partial charge is 0.244 e. The van der Waals surface area contributed by atoms with E-state index in [0.717, 1.165) is 36.8 Å². The number of methoxy groups -OCH3 is 1. The molecule has 120 valence electrons. The van der Waals surface area contributed by atoms with Crippen LogP contribution >= 0.6 is 0 Å². The largest absolute Gasteiger partial charge is 0.495 e. The molecule has 0 amide bonds. The fraction of sp³-hybridized carbons (Fsp3) is 0.600. The molecule has 0 fully saturated rings. The number of hydrogen-bond donors (Lipinski definition) is 2. The van der Waals surface area contributed by atoms with Gasteiger partial charge in [-0.1, -0.05) is 12.8 Å². The molecule has 6 heteroatoms. The summed E-state index contributed by atoms with van der Waals surface area (Å²) in [5.74, 6) is 0.367. The minimum Gasteiger partial charge on any atom is -0.495 e. The van der Waals surface area contributed by atoms with Crippen molar-refractivity contribution in [1.82, 2.24) is 4.72 Å². The molecule has 0 saturated carbocycles. The maximum absolute atomic E-state index is 12.3. The first kappa shape index (κ1) is 17.9. The van der Waals surface area contributed by atoms with Crippen molar-refractivity contribution >= 4 is 10.0 Å². The Hall–Kier alpha value is -1.11. The molecule has 2 N–H and O–H groups in total. The monoisotopic (exact) mass is 315 g/mol. The van der Waals surface area contributed by atoms with Crippen molar-refractivity contribution in [3.63, 3.8) is 0 Å². The number of rotatable bonds is 9. The lowest BCUT2D eigenvalue weighted by Crippen LogP contribution is -2.25. The second-order valence-electron chi connectivity index (χ2n) is 5.12. The Bertz CT molecular complexity index is 555. The van der Waals surface area contributed by atoms with Crippen LogP contribution in [0.3, 0.4) is 0 Å². The highest BCUT2D eigenvalue weighted by molar-refractivity contribution is 7.89. The van der Waals surface area contributed by atoms with E-state index in [2.05, 4.69) is 4.72 Å². The molecule has 0 bridgehead atoms. The Balaban J connectivity index is 2.72. The van der Waals surface area contributed by atoms with E-state index in [0.29, 0.717) is 12.3 Å². The second kappa shape index (κ2) is 8.36. The molecular weight excluding hydrogens is 290 g/mol. The third-order valence-corrected chi connectivity index (χ3v) is 4.93. The summed E-state index contributed by atoms with van der Waals surface area (Å²) in [6.07, 6.45) is 3.32. The van der Waals surface area contributed by atoms with Gasteiger partial charge >= 0.3 is 0 Å². The van der Waals surface area contributed by atoms with E-state index >= 15 is 0 Å². The molecule has 1 rings (SSSR count). The van der Waals surface area contributed by atoms with Gasteiger partial charge in [0.2, 0.25) is 10.0 Å². The molecule has 1 aromatic rings. The van der Waals surface area contributed by atoms with Crippen molar-refractivity contribution in [3.8, 4) is 5.75 Å². The minimum absolute atomic E-state index is 0.184. The van der Waals surface area contributed by atoms with Crippen molar-refractivity contribution in [2.75, 3.05) is 20.3 Å². The molecule has 0 aromatic heterocycles. The summed E-state index contributed by atoms with van der Waals surface area (Å²) < 4.78 is 32.4. The second-order valence-corrected chi connectivity index (χ2v) is 6.86. The summed E-state index contributed by atoms with van der Waals surface area (Å²) in [7, 11) is -2.09. The molecule has 0 radical (unpaired) electrons. The van der Waals surface area contributed by atoms with Crippen LogP contribution in [-0.4, -0.2) is 33.8 Å². The predicted octanol–water partition coefficient (Wildman–Crippen LogP) is 2.14. The first-order valence-corrected chi connectivity index (χ1v) is 8.66. The van der Waals surface area contributed by atoms with Gasteiger partial charge in [0.05, 0.1) is 7.11 Å². The van der Waals surface area contributed by atoms with E-state index in [1.165, 1.54) is 7.11 Å². The first-order valence-electron chi connectivity index (χ1n) is 7.18.